The van der Waals surface area contributed by atoms with E-state index in [4.69, 9.17) is 9.31 Å². The van der Waals surface area contributed by atoms with E-state index >= 15 is 0 Å². The van der Waals surface area contributed by atoms with E-state index in [-0.39, 0.29) is 31.1 Å². The van der Waals surface area contributed by atoms with Gasteiger partial charge in [-0.15, -0.1) is 6.08 Å². The molecule has 2 saturated heterocycles. The first-order valence-electron chi connectivity index (χ1n) is 9.38. The Morgan fingerprint density at radius 3 is 2.33 bits per heavy atom. The van der Waals surface area contributed by atoms with Crippen molar-refractivity contribution in [2.24, 2.45) is 23.2 Å². The van der Waals surface area contributed by atoms with Gasteiger partial charge in [-0.3, -0.25) is 9.59 Å². The quantitative estimate of drug-likeness (QED) is 0.745. The third-order valence-electron chi connectivity index (χ3n) is 7.75. The number of nitrogens with zero attached hydrogens (tertiary/aromatic N) is 1. The minimum atomic E-state index is -2.03. The molecule has 5 fully saturated rings. The molecule has 24 heavy (non-hydrogen) atoms. The lowest BCUT2D eigenvalue weighted by atomic mass is 9.43. The molecule has 0 spiro atoms. The first kappa shape index (κ1) is 16.2. The zero-order chi connectivity index (χ0) is 17.3. The van der Waals surface area contributed by atoms with Crippen LogP contribution in [-0.2, 0) is 18.9 Å². The van der Waals surface area contributed by atoms with Gasteiger partial charge in [0.1, 0.15) is 13.1 Å². The van der Waals surface area contributed by atoms with Crippen LogP contribution in [0.2, 0.25) is 0 Å². The van der Waals surface area contributed by atoms with Gasteiger partial charge in [-0.25, -0.2) is 0 Å². The van der Waals surface area contributed by atoms with E-state index in [2.05, 4.69) is 20.8 Å². The summed E-state index contributed by atoms with van der Waals surface area (Å²) in [4.78, 5) is 24.5. The van der Waals surface area contributed by atoms with E-state index in [1.165, 1.54) is 6.42 Å². The molecule has 0 amide bonds. The Hall–Kier alpha value is -1.30. The highest BCUT2D eigenvalue weighted by Gasteiger charge is 2.71. The van der Waals surface area contributed by atoms with E-state index in [1.807, 2.05) is 19.0 Å². The predicted molar refractivity (Wildman–Crippen MR) is 90.3 cm³/mol. The average molecular weight is 333 g/mol. The van der Waals surface area contributed by atoms with Gasteiger partial charge in [-0.2, -0.15) is 0 Å². The van der Waals surface area contributed by atoms with Crippen molar-refractivity contribution in [2.75, 3.05) is 13.1 Å². The number of rotatable bonds is 3. The van der Waals surface area contributed by atoms with Crippen molar-refractivity contribution in [2.45, 2.75) is 53.0 Å². The number of quaternary nitrogens is 1. The van der Waals surface area contributed by atoms with Gasteiger partial charge in [0, 0.05) is 5.92 Å². The molecule has 0 aromatic carbocycles. The second-order valence-corrected chi connectivity index (χ2v) is 8.99. The molecule has 0 radical (unpaired) electrons. The summed E-state index contributed by atoms with van der Waals surface area (Å²) >= 11 is 0. The van der Waals surface area contributed by atoms with E-state index in [0.717, 1.165) is 12.8 Å². The highest BCUT2D eigenvalue weighted by molar-refractivity contribution is 6.71. The Kier molecular flexibility index (Phi) is 3.29. The summed E-state index contributed by atoms with van der Waals surface area (Å²) in [6.07, 6.45) is 5.14. The zero-order valence-corrected chi connectivity index (χ0v) is 15.2. The number of allylic oxidation sites excluding steroid dienone is 1. The predicted octanol–water partition coefficient (Wildman–Crippen LogP) is 2.43. The third-order valence-corrected chi connectivity index (χ3v) is 7.75. The Morgan fingerprint density at radius 2 is 1.83 bits per heavy atom. The fraction of sp³-hybridized carbons (Fsp3) is 0.778. The summed E-state index contributed by atoms with van der Waals surface area (Å²) < 4.78 is 11.8. The maximum absolute atomic E-state index is 12.3. The van der Waals surface area contributed by atoms with Gasteiger partial charge in [0.15, 0.2) is 0 Å². The van der Waals surface area contributed by atoms with Gasteiger partial charge in [0.05, 0.1) is 6.04 Å². The smallest absolute Gasteiger partial charge is 0.596 e. The molecule has 132 valence electrons. The molecule has 3 aliphatic carbocycles. The number of carbonyl (C=O) groups excluding carboxylic acids is 2. The van der Waals surface area contributed by atoms with Crippen molar-refractivity contribution in [1.29, 1.82) is 0 Å². The second kappa shape index (κ2) is 4.87. The third kappa shape index (κ3) is 1.81. The van der Waals surface area contributed by atoms with Gasteiger partial charge in [-0.05, 0) is 36.5 Å². The summed E-state index contributed by atoms with van der Waals surface area (Å²) in [6, 6.07) is 0.265. The lowest BCUT2D eigenvalue weighted by molar-refractivity contribution is -0.850. The largest absolute Gasteiger partial charge is 0.607 e. The monoisotopic (exact) mass is 333 g/mol. The SMILES string of the molecule is CC/C=C/[B-]12OC(=O)C[N+]1(C1C[C@@H]3CC([C@H]1C)C3(C)C)CC(=O)O2. The van der Waals surface area contributed by atoms with Crippen LogP contribution in [0.4, 0.5) is 0 Å². The fourth-order valence-corrected chi connectivity index (χ4v) is 6.34. The van der Waals surface area contributed by atoms with Crippen molar-refractivity contribution in [1.82, 2.24) is 0 Å². The van der Waals surface area contributed by atoms with Crippen molar-refractivity contribution in [3.8, 4) is 0 Å². The van der Waals surface area contributed by atoms with Gasteiger partial charge in [-0.1, -0.05) is 33.7 Å². The molecule has 2 heterocycles. The molecule has 0 aromatic rings. The molecule has 2 unspecified atom stereocenters. The summed E-state index contributed by atoms with van der Waals surface area (Å²) in [6.45, 7) is 7.58. The minimum Gasteiger partial charge on any atom is -0.596 e. The molecule has 4 atom stereocenters. The molecule has 2 aliphatic heterocycles. The van der Waals surface area contributed by atoms with Crippen LogP contribution >= 0.6 is 0 Å². The number of fused-ring (bicyclic) bond motifs is 4. The maximum atomic E-state index is 12.3. The van der Waals surface area contributed by atoms with E-state index in [0.29, 0.717) is 27.6 Å². The van der Waals surface area contributed by atoms with Gasteiger partial charge in [0.2, 0.25) is 0 Å². The van der Waals surface area contributed by atoms with Crippen LogP contribution in [-0.4, -0.2) is 42.2 Å². The van der Waals surface area contributed by atoms with Crippen LogP contribution in [0.1, 0.15) is 47.0 Å². The summed E-state index contributed by atoms with van der Waals surface area (Å²) in [5.74, 6) is 3.22. The normalized spacial score (nSPS) is 48.8. The van der Waals surface area contributed by atoms with Crippen molar-refractivity contribution in [3.63, 3.8) is 0 Å². The molecule has 2 bridgehead atoms. The van der Waals surface area contributed by atoms with Crippen LogP contribution < -0.4 is 0 Å². The highest BCUT2D eigenvalue weighted by atomic mass is 16.7. The first-order valence-corrected chi connectivity index (χ1v) is 9.38. The Morgan fingerprint density at radius 1 is 1.21 bits per heavy atom. The number of hydrogen-bond donors (Lipinski definition) is 0. The first-order chi connectivity index (χ1) is 11.3. The fourth-order valence-electron chi connectivity index (χ4n) is 6.34. The second-order valence-electron chi connectivity index (χ2n) is 8.99. The topological polar surface area (TPSA) is 52.6 Å². The zero-order valence-electron chi connectivity index (χ0n) is 15.2. The van der Waals surface area contributed by atoms with Crippen LogP contribution in [0, 0.1) is 23.2 Å². The highest BCUT2D eigenvalue weighted by Crippen LogP contribution is 2.64. The van der Waals surface area contributed by atoms with Crippen LogP contribution in [0.15, 0.2) is 12.1 Å². The maximum Gasteiger partial charge on any atom is 0.607 e. The molecule has 0 N–H and O–H groups in total. The van der Waals surface area contributed by atoms with Crippen molar-refractivity contribution >= 4 is 18.6 Å². The minimum absolute atomic E-state index is 0.228. The summed E-state index contributed by atoms with van der Waals surface area (Å²) in [5, 5.41) is 0. The molecular formula is C18H28BNO4. The molecule has 5 rings (SSSR count). The number of carbonyl (C=O) groups is 2. The van der Waals surface area contributed by atoms with Gasteiger partial charge >= 0.3 is 18.6 Å². The molecule has 5 nitrogen and oxygen atoms in total. The van der Waals surface area contributed by atoms with Gasteiger partial charge < -0.3 is 13.7 Å². The van der Waals surface area contributed by atoms with Crippen LogP contribution in [0.25, 0.3) is 0 Å². The van der Waals surface area contributed by atoms with E-state index < -0.39 is 6.69 Å². The molecule has 6 heteroatoms. The van der Waals surface area contributed by atoms with Crippen molar-refractivity contribution in [3.05, 3.63) is 12.1 Å². The summed E-state index contributed by atoms with van der Waals surface area (Å²) in [5.41, 5.74) is 0.373. The average Bonchev–Trinajstić information content (AvgIpc) is 2.91. The standard InChI is InChI=1S/C18H28BNO4/c1-5-6-7-19-20(10-16(21)23-19,11-17(22)24-19)15-9-13-8-14(12(15)2)18(13,3)4/h6-7,12-15H,5,8-11H2,1-4H3/b7-6+/t12-,13+,14?,15?,19?,20?/m1/s1. The Bertz CT molecular complexity index is 609. The van der Waals surface area contributed by atoms with Gasteiger partial charge in [0.25, 0.3) is 0 Å². The lowest BCUT2D eigenvalue weighted by Crippen LogP contribution is -2.73. The number of hydrogen-bond acceptors (Lipinski definition) is 4. The lowest BCUT2D eigenvalue weighted by Gasteiger charge is -2.66. The molecular weight excluding hydrogens is 305 g/mol. The van der Waals surface area contributed by atoms with E-state index in [1.54, 1.807) is 0 Å². The molecule has 5 aliphatic rings. The van der Waals surface area contributed by atoms with Crippen LogP contribution in [0.3, 0.4) is 0 Å². The van der Waals surface area contributed by atoms with Crippen molar-refractivity contribution < 1.29 is 23.3 Å². The van der Waals surface area contributed by atoms with Crippen LogP contribution in [0.5, 0.6) is 0 Å². The molecule has 0 aromatic heterocycles. The Labute approximate surface area is 144 Å². The summed E-state index contributed by atoms with van der Waals surface area (Å²) in [7, 11) is 0. The Balaban J connectivity index is 1.75. The molecule has 3 saturated carbocycles. The van der Waals surface area contributed by atoms with E-state index in [9.17, 15) is 9.59 Å².